The van der Waals surface area contributed by atoms with E-state index in [0.29, 0.717) is 38.0 Å². The molecule has 0 radical (unpaired) electrons. The summed E-state index contributed by atoms with van der Waals surface area (Å²) in [4.78, 5) is 15.1. The van der Waals surface area contributed by atoms with Crippen molar-refractivity contribution in [3.63, 3.8) is 0 Å². The van der Waals surface area contributed by atoms with Gasteiger partial charge >= 0.3 is 6.18 Å². The van der Waals surface area contributed by atoms with Crippen molar-refractivity contribution < 1.29 is 18.0 Å². The monoisotopic (exact) mass is 476 g/mol. The van der Waals surface area contributed by atoms with Crippen LogP contribution in [0.3, 0.4) is 0 Å². The molecule has 0 N–H and O–H groups in total. The fourth-order valence-corrected chi connectivity index (χ4v) is 4.08. The number of carbonyl (C=O) groups is 1. The molecule has 3 nitrogen and oxygen atoms in total. The van der Waals surface area contributed by atoms with E-state index in [4.69, 9.17) is 0 Å². The van der Waals surface area contributed by atoms with Crippen LogP contribution in [0.5, 0.6) is 0 Å². The van der Waals surface area contributed by atoms with Crippen LogP contribution in [0.2, 0.25) is 0 Å². The molecule has 0 aliphatic heterocycles. The van der Waals surface area contributed by atoms with Crippen LogP contribution in [0.4, 0.5) is 13.2 Å². The fraction of sp³-hybridized carbons (Fsp3) is 0.207. The number of hydrogen-bond acceptors (Lipinski definition) is 1. The summed E-state index contributed by atoms with van der Waals surface area (Å²) in [6.45, 7) is 1.13. The predicted octanol–water partition coefficient (Wildman–Crippen LogP) is 6.72. The third kappa shape index (κ3) is 6.85. The lowest BCUT2D eigenvalue weighted by molar-refractivity contribution is -0.137. The van der Waals surface area contributed by atoms with E-state index in [2.05, 4.69) is 0 Å². The second-order valence-corrected chi connectivity index (χ2v) is 8.55. The minimum atomic E-state index is -4.38. The summed E-state index contributed by atoms with van der Waals surface area (Å²) < 4.78 is 41.3. The minimum Gasteiger partial charge on any atom is -0.345 e. The lowest BCUT2D eigenvalue weighted by Gasteiger charge is -2.24. The Hall–Kier alpha value is -3.80. The number of nitrogens with zero attached hydrogens (tertiary/aromatic N) is 2. The van der Waals surface area contributed by atoms with Crippen molar-refractivity contribution in [3.8, 4) is 0 Å². The Balaban J connectivity index is 1.51. The quantitative estimate of drug-likeness (QED) is 0.263. The number of benzene rings is 3. The SMILES string of the molecule is O=C(CCc1ccccc1)N(Cc1ccccc1)Cc1cccn1Cc1cccc(C(F)(F)F)c1. The average Bonchev–Trinajstić information content (AvgIpc) is 3.29. The zero-order valence-corrected chi connectivity index (χ0v) is 19.3. The van der Waals surface area contributed by atoms with Gasteiger partial charge in [-0.3, -0.25) is 4.79 Å². The highest BCUT2D eigenvalue weighted by Crippen LogP contribution is 2.29. The zero-order chi connectivity index (χ0) is 24.7. The molecule has 4 aromatic rings. The van der Waals surface area contributed by atoms with Gasteiger partial charge in [0.2, 0.25) is 5.91 Å². The summed E-state index contributed by atoms with van der Waals surface area (Å²) in [7, 11) is 0. The zero-order valence-electron chi connectivity index (χ0n) is 19.3. The first kappa shape index (κ1) is 24.3. The molecular weight excluding hydrogens is 449 g/mol. The van der Waals surface area contributed by atoms with Gasteiger partial charge in [-0.05, 0) is 47.4 Å². The van der Waals surface area contributed by atoms with Gasteiger partial charge in [0.15, 0.2) is 0 Å². The molecule has 0 atom stereocenters. The summed E-state index contributed by atoms with van der Waals surface area (Å²) in [5, 5.41) is 0. The molecule has 0 bridgehead atoms. The van der Waals surface area contributed by atoms with Gasteiger partial charge in [0, 0.05) is 31.4 Å². The van der Waals surface area contributed by atoms with Crippen molar-refractivity contribution >= 4 is 5.91 Å². The van der Waals surface area contributed by atoms with Crippen LogP contribution < -0.4 is 0 Å². The van der Waals surface area contributed by atoms with Crippen LogP contribution in [0, 0.1) is 0 Å². The smallest absolute Gasteiger partial charge is 0.345 e. The Kier molecular flexibility index (Phi) is 7.70. The van der Waals surface area contributed by atoms with Gasteiger partial charge in [0.05, 0.1) is 12.1 Å². The molecule has 0 saturated carbocycles. The summed E-state index contributed by atoms with van der Waals surface area (Å²) in [5.41, 5.74) is 2.89. The molecule has 0 aliphatic rings. The number of alkyl halides is 3. The Morgan fingerprint density at radius 2 is 1.40 bits per heavy atom. The van der Waals surface area contributed by atoms with Crippen molar-refractivity contribution in [2.75, 3.05) is 0 Å². The molecule has 35 heavy (non-hydrogen) atoms. The number of hydrogen-bond donors (Lipinski definition) is 0. The van der Waals surface area contributed by atoms with Crippen molar-refractivity contribution in [3.05, 3.63) is 131 Å². The third-order valence-corrected chi connectivity index (χ3v) is 5.92. The maximum atomic E-state index is 13.3. The first-order valence-corrected chi connectivity index (χ1v) is 11.5. The van der Waals surface area contributed by atoms with Gasteiger partial charge < -0.3 is 9.47 Å². The van der Waals surface area contributed by atoms with Crippen LogP contribution in [-0.2, 0) is 37.0 Å². The Morgan fingerprint density at radius 3 is 2.09 bits per heavy atom. The molecular formula is C29H27F3N2O. The third-order valence-electron chi connectivity index (χ3n) is 5.92. The number of aromatic nitrogens is 1. The molecule has 6 heteroatoms. The normalized spacial score (nSPS) is 11.4. The number of carbonyl (C=O) groups excluding carboxylic acids is 1. The van der Waals surface area contributed by atoms with Crippen molar-refractivity contribution in [2.24, 2.45) is 0 Å². The second-order valence-electron chi connectivity index (χ2n) is 8.55. The van der Waals surface area contributed by atoms with E-state index in [0.717, 1.165) is 22.9 Å². The number of aryl methyl sites for hydroxylation is 1. The first-order chi connectivity index (χ1) is 16.9. The molecule has 1 heterocycles. The standard InChI is InChI=1S/C29H27F3N2O/c30-29(31,32)26-14-7-13-25(19-26)21-33-18-8-15-27(33)22-34(20-24-11-5-2-6-12-24)28(35)17-16-23-9-3-1-4-10-23/h1-15,18-19H,16-17,20-22H2. The molecule has 4 rings (SSSR count). The van der Waals surface area contributed by atoms with E-state index in [1.54, 1.807) is 6.07 Å². The summed E-state index contributed by atoms with van der Waals surface area (Å²) in [6.07, 6.45) is -1.51. The molecule has 0 aliphatic carbocycles. The first-order valence-electron chi connectivity index (χ1n) is 11.5. The Labute approximate surface area is 203 Å². The van der Waals surface area contributed by atoms with Gasteiger partial charge in [-0.25, -0.2) is 0 Å². The largest absolute Gasteiger partial charge is 0.416 e. The molecule has 1 aromatic heterocycles. The molecule has 0 spiro atoms. The summed E-state index contributed by atoms with van der Waals surface area (Å²) in [6, 6.07) is 28.8. The van der Waals surface area contributed by atoms with Crippen LogP contribution in [0.25, 0.3) is 0 Å². The van der Waals surface area contributed by atoms with Gasteiger partial charge in [0.25, 0.3) is 0 Å². The van der Waals surface area contributed by atoms with E-state index >= 15 is 0 Å². The van der Waals surface area contributed by atoms with E-state index in [9.17, 15) is 18.0 Å². The van der Waals surface area contributed by atoms with Crippen LogP contribution in [0.15, 0.2) is 103 Å². The maximum Gasteiger partial charge on any atom is 0.416 e. The average molecular weight is 477 g/mol. The minimum absolute atomic E-state index is 0.0320. The van der Waals surface area contributed by atoms with Crippen molar-refractivity contribution in [1.82, 2.24) is 9.47 Å². The number of halogens is 3. The highest BCUT2D eigenvalue weighted by Gasteiger charge is 2.30. The van der Waals surface area contributed by atoms with E-state index in [1.165, 1.54) is 12.1 Å². The van der Waals surface area contributed by atoms with Gasteiger partial charge in [0.1, 0.15) is 0 Å². The lowest BCUT2D eigenvalue weighted by Crippen LogP contribution is -2.31. The Morgan fingerprint density at radius 1 is 0.743 bits per heavy atom. The molecule has 180 valence electrons. The molecule has 1 amide bonds. The fourth-order valence-electron chi connectivity index (χ4n) is 4.08. The molecule has 0 fully saturated rings. The van der Waals surface area contributed by atoms with Crippen molar-refractivity contribution in [2.45, 2.75) is 38.7 Å². The Bertz CT molecular complexity index is 1230. The van der Waals surface area contributed by atoms with Gasteiger partial charge in [-0.1, -0.05) is 72.8 Å². The lowest BCUT2D eigenvalue weighted by atomic mass is 10.1. The van der Waals surface area contributed by atoms with Crippen LogP contribution in [0.1, 0.15) is 34.4 Å². The van der Waals surface area contributed by atoms with Crippen LogP contribution >= 0.6 is 0 Å². The van der Waals surface area contributed by atoms with E-state index in [1.807, 2.05) is 88.5 Å². The van der Waals surface area contributed by atoms with Crippen molar-refractivity contribution in [1.29, 1.82) is 0 Å². The number of amides is 1. The molecule has 3 aromatic carbocycles. The summed E-state index contributed by atoms with van der Waals surface area (Å²) in [5.74, 6) is 0.0320. The topological polar surface area (TPSA) is 25.2 Å². The predicted molar refractivity (Wildman–Crippen MR) is 130 cm³/mol. The second kappa shape index (κ2) is 11.1. The highest BCUT2D eigenvalue weighted by molar-refractivity contribution is 5.76. The number of rotatable bonds is 9. The highest BCUT2D eigenvalue weighted by atomic mass is 19.4. The van der Waals surface area contributed by atoms with Gasteiger partial charge in [-0.2, -0.15) is 13.2 Å². The van der Waals surface area contributed by atoms with Gasteiger partial charge in [-0.15, -0.1) is 0 Å². The molecule has 0 unspecified atom stereocenters. The van der Waals surface area contributed by atoms with Crippen LogP contribution in [-0.4, -0.2) is 15.4 Å². The summed E-state index contributed by atoms with van der Waals surface area (Å²) >= 11 is 0. The van der Waals surface area contributed by atoms with E-state index in [-0.39, 0.29) is 5.91 Å². The maximum absolute atomic E-state index is 13.3. The van der Waals surface area contributed by atoms with E-state index < -0.39 is 11.7 Å². The molecule has 0 saturated heterocycles.